The second-order valence-electron chi connectivity index (χ2n) is 9.13. The van der Waals surface area contributed by atoms with Crippen LogP contribution in [-0.2, 0) is 22.7 Å². The number of ether oxygens (including phenoxy) is 2. The van der Waals surface area contributed by atoms with E-state index in [1.807, 2.05) is 54.6 Å². The summed E-state index contributed by atoms with van der Waals surface area (Å²) < 4.78 is 13.3. The molecule has 0 N–H and O–H groups in total. The average Bonchev–Trinajstić information content (AvgIpc) is 3.14. The molecule has 0 aliphatic heterocycles. The van der Waals surface area contributed by atoms with Gasteiger partial charge in [-0.25, -0.2) is 0 Å². The Labute approximate surface area is 209 Å². The van der Waals surface area contributed by atoms with Gasteiger partial charge in [-0.3, -0.25) is 14.2 Å². The van der Waals surface area contributed by atoms with Crippen LogP contribution in [0.5, 0.6) is 5.75 Å². The summed E-state index contributed by atoms with van der Waals surface area (Å²) in [6, 6.07) is 19.4. The molecule has 1 heterocycles. The maximum Gasteiger partial charge on any atom is 0.269 e. The van der Waals surface area contributed by atoms with Gasteiger partial charge in [0.2, 0.25) is 0 Å². The highest BCUT2D eigenvalue weighted by Crippen LogP contribution is 2.20. The lowest BCUT2D eigenvalue weighted by Gasteiger charge is -2.15. The van der Waals surface area contributed by atoms with Gasteiger partial charge < -0.3 is 9.47 Å². The summed E-state index contributed by atoms with van der Waals surface area (Å²) >= 11 is 1.17. The van der Waals surface area contributed by atoms with Gasteiger partial charge in [-0.1, -0.05) is 63.2 Å². The fourth-order valence-corrected chi connectivity index (χ4v) is 4.52. The van der Waals surface area contributed by atoms with Crippen molar-refractivity contribution in [1.82, 2.24) is 4.57 Å². The molecule has 3 aromatic rings. The Morgan fingerprint density at radius 3 is 2.40 bits per heavy atom. The minimum atomic E-state index is -0.734. The number of carbonyl (C=O) groups is 1. The second-order valence-corrected chi connectivity index (χ2v) is 10.2. The molecule has 0 unspecified atom stereocenters. The fourth-order valence-electron chi connectivity index (χ4n) is 3.40. The molecule has 0 atom stereocenters. The van der Waals surface area contributed by atoms with Crippen molar-refractivity contribution in [2.24, 2.45) is 5.41 Å². The van der Waals surface area contributed by atoms with E-state index in [0.717, 1.165) is 16.9 Å². The van der Waals surface area contributed by atoms with Crippen LogP contribution in [0.1, 0.15) is 38.3 Å². The number of hydrogen-bond donors (Lipinski definition) is 0. The highest BCUT2D eigenvalue weighted by molar-refractivity contribution is 7.07. The highest BCUT2D eigenvalue weighted by atomic mass is 32.1. The molecule has 1 aromatic heterocycles. The van der Waals surface area contributed by atoms with Crippen LogP contribution in [0.25, 0.3) is 11.6 Å². The molecule has 0 aliphatic rings. The Bertz CT molecular complexity index is 1370. The third kappa shape index (κ3) is 6.78. The predicted octanol–water partition coefficient (Wildman–Crippen LogP) is 3.64. The van der Waals surface area contributed by atoms with Crippen LogP contribution in [0.15, 0.2) is 59.4 Å². The number of aromatic nitrogens is 1. The molecule has 35 heavy (non-hydrogen) atoms. The molecule has 2 aromatic carbocycles. The molecule has 0 radical (unpaired) electrons. The first kappa shape index (κ1) is 26.1. The van der Waals surface area contributed by atoms with Crippen LogP contribution in [0, 0.1) is 16.7 Å². The monoisotopic (exact) mass is 490 g/mol. The summed E-state index contributed by atoms with van der Waals surface area (Å²) in [5.74, 6) is 0.443. The quantitative estimate of drug-likeness (QED) is 0.428. The summed E-state index contributed by atoms with van der Waals surface area (Å²) in [6.45, 7) is 6.60. The number of benzene rings is 2. The van der Waals surface area contributed by atoms with E-state index in [1.54, 1.807) is 34.0 Å². The Balaban J connectivity index is 1.98. The topological polar surface area (TPSA) is 81.3 Å². The summed E-state index contributed by atoms with van der Waals surface area (Å²) in [5, 5.41) is 9.80. The lowest BCUT2D eigenvalue weighted by atomic mass is 9.87. The molecule has 0 saturated heterocycles. The molecule has 3 rings (SSSR count). The molecule has 182 valence electrons. The molecule has 7 heteroatoms. The summed E-state index contributed by atoms with van der Waals surface area (Å²) in [6.07, 6.45) is 2.37. The van der Waals surface area contributed by atoms with Crippen molar-refractivity contribution in [3.63, 3.8) is 0 Å². The number of Topliss-reactive ketones (excluding diaryl/α,β-unsaturated/α-hetero) is 1. The minimum absolute atomic E-state index is 0.0151. The van der Waals surface area contributed by atoms with Gasteiger partial charge in [0.05, 0.1) is 4.53 Å². The number of rotatable bonds is 9. The first-order chi connectivity index (χ1) is 16.7. The molecule has 0 spiro atoms. The largest absolute Gasteiger partial charge is 0.489 e. The van der Waals surface area contributed by atoms with Crippen molar-refractivity contribution in [2.45, 2.75) is 40.3 Å². The molecule has 0 saturated carbocycles. The van der Waals surface area contributed by atoms with E-state index >= 15 is 0 Å². The fraction of sp³-hybridized carbons (Fsp3) is 0.321. The summed E-state index contributed by atoms with van der Waals surface area (Å²) in [7, 11) is 1.60. The van der Waals surface area contributed by atoms with Crippen molar-refractivity contribution in [3.05, 3.63) is 85.3 Å². The zero-order valence-electron chi connectivity index (χ0n) is 20.5. The zero-order chi connectivity index (χ0) is 25.4. The van der Waals surface area contributed by atoms with Gasteiger partial charge in [-0.05, 0) is 35.8 Å². The molecule has 6 nitrogen and oxygen atoms in total. The average molecular weight is 491 g/mol. The third-order valence-electron chi connectivity index (χ3n) is 5.30. The van der Waals surface area contributed by atoms with Crippen molar-refractivity contribution in [1.29, 1.82) is 5.26 Å². The van der Waals surface area contributed by atoms with Crippen molar-refractivity contribution < 1.29 is 14.3 Å². The van der Waals surface area contributed by atoms with Crippen LogP contribution in [0.4, 0.5) is 0 Å². The standard InChI is InChI=1S/C28H30N2O4S/c1-28(2,3)25(31)23(18-29)27-30(15-8-16-33-4)26(32)24(35-27)17-20-11-13-22(14-12-20)34-19-21-9-6-5-7-10-21/h5-7,9-14,17H,8,15-16,19H2,1-4H3. The van der Waals surface area contributed by atoms with Gasteiger partial charge in [0.25, 0.3) is 5.56 Å². The second kappa shape index (κ2) is 11.8. The maximum absolute atomic E-state index is 13.2. The maximum atomic E-state index is 13.2. The van der Waals surface area contributed by atoms with Crippen LogP contribution in [0.3, 0.4) is 0 Å². The molecule has 0 amide bonds. The number of hydrogen-bond acceptors (Lipinski definition) is 6. The highest BCUT2D eigenvalue weighted by Gasteiger charge is 2.27. The van der Waals surface area contributed by atoms with Crippen molar-refractivity contribution in [2.75, 3.05) is 13.7 Å². The van der Waals surface area contributed by atoms with Crippen molar-refractivity contribution in [3.8, 4) is 11.8 Å². The van der Waals surface area contributed by atoms with Crippen LogP contribution < -0.4 is 19.5 Å². The van der Waals surface area contributed by atoms with Gasteiger partial charge in [0.1, 0.15) is 28.7 Å². The summed E-state index contributed by atoms with van der Waals surface area (Å²) in [4.78, 5) is 26.2. The van der Waals surface area contributed by atoms with E-state index in [1.165, 1.54) is 15.9 Å². The predicted molar refractivity (Wildman–Crippen MR) is 139 cm³/mol. The van der Waals surface area contributed by atoms with Gasteiger partial charge in [0, 0.05) is 25.7 Å². The number of thiazole rings is 1. The lowest BCUT2D eigenvalue weighted by Crippen LogP contribution is -2.34. The minimum Gasteiger partial charge on any atom is -0.489 e. The van der Waals surface area contributed by atoms with E-state index in [0.29, 0.717) is 35.4 Å². The van der Waals surface area contributed by atoms with Gasteiger partial charge in [0.15, 0.2) is 5.78 Å². The Kier molecular flexibility index (Phi) is 8.80. The van der Waals surface area contributed by atoms with E-state index in [2.05, 4.69) is 6.07 Å². The number of nitriles is 1. The molecule has 0 aliphatic carbocycles. The third-order valence-corrected chi connectivity index (χ3v) is 6.43. The summed E-state index contributed by atoms with van der Waals surface area (Å²) in [5.41, 5.74) is 0.965. The molecular formula is C28H30N2O4S. The van der Waals surface area contributed by atoms with Crippen LogP contribution in [0.2, 0.25) is 0 Å². The first-order valence-corrected chi connectivity index (χ1v) is 12.2. The normalized spacial score (nSPS) is 12.8. The number of ketones is 1. The first-order valence-electron chi connectivity index (χ1n) is 11.4. The van der Waals surface area contributed by atoms with Gasteiger partial charge in [-0.2, -0.15) is 5.26 Å². The van der Waals surface area contributed by atoms with E-state index in [9.17, 15) is 14.9 Å². The van der Waals surface area contributed by atoms with Gasteiger partial charge in [-0.15, -0.1) is 11.3 Å². The number of methoxy groups -OCH3 is 1. The SMILES string of the molecule is COCCCn1c(=C(C#N)C(=O)C(C)(C)C)sc(=Cc2ccc(OCc3ccccc3)cc2)c1=O. The zero-order valence-corrected chi connectivity index (χ0v) is 21.4. The number of carbonyl (C=O) groups excluding carboxylic acids is 1. The van der Waals surface area contributed by atoms with E-state index < -0.39 is 5.41 Å². The molecular weight excluding hydrogens is 460 g/mol. The van der Waals surface area contributed by atoms with E-state index in [4.69, 9.17) is 9.47 Å². The Morgan fingerprint density at radius 1 is 1.11 bits per heavy atom. The lowest BCUT2D eigenvalue weighted by molar-refractivity contribution is -0.120. The Hall–Kier alpha value is -3.47. The molecule has 0 fully saturated rings. The van der Waals surface area contributed by atoms with Crippen LogP contribution in [-0.4, -0.2) is 24.1 Å². The van der Waals surface area contributed by atoms with Crippen LogP contribution >= 0.6 is 11.3 Å². The molecule has 0 bridgehead atoms. The van der Waals surface area contributed by atoms with Crippen molar-refractivity contribution >= 4 is 28.8 Å². The Morgan fingerprint density at radius 2 is 1.80 bits per heavy atom. The van der Waals surface area contributed by atoms with Gasteiger partial charge >= 0.3 is 0 Å². The smallest absolute Gasteiger partial charge is 0.269 e. The number of nitrogens with zero attached hydrogens (tertiary/aromatic N) is 2. The van der Waals surface area contributed by atoms with E-state index in [-0.39, 0.29) is 16.9 Å².